The number of carboxylic acid groups (broad SMARTS) is 1. The van der Waals surface area contributed by atoms with Crippen LogP contribution >= 0.6 is 0 Å². The summed E-state index contributed by atoms with van der Waals surface area (Å²) >= 11 is 0. The van der Waals surface area contributed by atoms with Crippen LogP contribution in [0.5, 0.6) is 0 Å². The van der Waals surface area contributed by atoms with E-state index in [9.17, 15) is 9.59 Å². The molecule has 0 spiro atoms. The number of ether oxygens (including phenoxy) is 1. The first-order valence-electron chi connectivity index (χ1n) is 6.55. The predicted molar refractivity (Wildman–Crippen MR) is 73.2 cm³/mol. The third kappa shape index (κ3) is 11.5. The van der Waals surface area contributed by atoms with E-state index >= 15 is 0 Å². The Balaban J connectivity index is 3.83. The van der Waals surface area contributed by atoms with Crippen LogP contribution in [0.3, 0.4) is 0 Å². The molecule has 0 heterocycles. The summed E-state index contributed by atoms with van der Waals surface area (Å²) < 4.78 is 5.14. The molecule has 0 rings (SSSR count). The molecule has 0 aliphatic heterocycles. The molecular formula is C13H26N2O4. The van der Waals surface area contributed by atoms with Crippen molar-refractivity contribution in [2.24, 2.45) is 0 Å². The quantitative estimate of drug-likeness (QED) is 0.658. The van der Waals surface area contributed by atoms with Crippen LogP contribution in [0.2, 0.25) is 0 Å². The lowest BCUT2D eigenvalue weighted by Gasteiger charge is -2.23. The number of carbonyl (C=O) groups is 2. The average Bonchev–Trinajstić information content (AvgIpc) is 2.20. The van der Waals surface area contributed by atoms with Gasteiger partial charge in [0.15, 0.2) is 0 Å². The van der Waals surface area contributed by atoms with Crippen molar-refractivity contribution >= 4 is 12.1 Å². The molecule has 112 valence electrons. The topological polar surface area (TPSA) is 87.7 Å². The molecular weight excluding hydrogens is 248 g/mol. The number of hydrogen-bond donors (Lipinski definition) is 3. The number of rotatable bonds is 7. The maximum atomic E-state index is 11.5. The Morgan fingerprint density at radius 1 is 1.21 bits per heavy atom. The molecule has 1 amide bonds. The molecule has 0 aliphatic rings. The molecule has 0 saturated heterocycles. The number of aliphatic carboxylic acids is 1. The third-order valence-corrected chi connectivity index (χ3v) is 2.33. The molecule has 3 N–H and O–H groups in total. The highest BCUT2D eigenvalue weighted by molar-refractivity contribution is 5.68. The predicted octanol–water partition coefficient (Wildman–Crippen LogP) is 1.74. The SMILES string of the molecule is CC(CCC(=O)O)NCC(C)NC(=O)OC(C)(C)C. The molecule has 6 nitrogen and oxygen atoms in total. The van der Waals surface area contributed by atoms with Gasteiger partial charge in [-0.05, 0) is 41.0 Å². The number of amides is 1. The maximum absolute atomic E-state index is 11.5. The zero-order chi connectivity index (χ0) is 15.1. The Bertz CT molecular complexity index is 300. The minimum absolute atomic E-state index is 0.0814. The van der Waals surface area contributed by atoms with E-state index in [1.807, 2.05) is 34.6 Å². The van der Waals surface area contributed by atoms with Gasteiger partial charge in [-0.1, -0.05) is 0 Å². The van der Waals surface area contributed by atoms with Crippen molar-refractivity contribution in [2.45, 2.75) is 65.1 Å². The number of nitrogens with one attached hydrogen (secondary N) is 2. The van der Waals surface area contributed by atoms with Crippen LogP contribution in [0.15, 0.2) is 0 Å². The summed E-state index contributed by atoms with van der Waals surface area (Å²) in [5.41, 5.74) is -0.508. The molecule has 0 aliphatic carbocycles. The van der Waals surface area contributed by atoms with Gasteiger partial charge in [0.2, 0.25) is 0 Å². The van der Waals surface area contributed by atoms with Gasteiger partial charge in [0.05, 0.1) is 0 Å². The van der Waals surface area contributed by atoms with Crippen molar-refractivity contribution in [2.75, 3.05) is 6.54 Å². The van der Waals surface area contributed by atoms with E-state index in [0.29, 0.717) is 13.0 Å². The normalized spacial score (nSPS) is 14.6. The molecule has 0 aromatic heterocycles. The maximum Gasteiger partial charge on any atom is 0.407 e. The first-order chi connectivity index (χ1) is 8.60. The molecule has 0 bridgehead atoms. The van der Waals surface area contributed by atoms with Crippen LogP contribution < -0.4 is 10.6 Å². The van der Waals surface area contributed by atoms with Crippen LogP contribution in [0.25, 0.3) is 0 Å². The van der Waals surface area contributed by atoms with Gasteiger partial charge in [0, 0.05) is 25.0 Å². The van der Waals surface area contributed by atoms with Crippen LogP contribution in [0.4, 0.5) is 4.79 Å². The molecule has 0 aromatic carbocycles. The van der Waals surface area contributed by atoms with Gasteiger partial charge >= 0.3 is 12.1 Å². The summed E-state index contributed by atoms with van der Waals surface area (Å²) in [5.74, 6) is -0.798. The van der Waals surface area contributed by atoms with Crippen molar-refractivity contribution in [1.29, 1.82) is 0 Å². The van der Waals surface area contributed by atoms with E-state index in [-0.39, 0.29) is 18.5 Å². The lowest BCUT2D eigenvalue weighted by molar-refractivity contribution is -0.137. The first-order valence-corrected chi connectivity index (χ1v) is 6.55. The fourth-order valence-electron chi connectivity index (χ4n) is 1.38. The van der Waals surface area contributed by atoms with Crippen LogP contribution in [-0.2, 0) is 9.53 Å². The van der Waals surface area contributed by atoms with Gasteiger partial charge in [0.25, 0.3) is 0 Å². The number of carboxylic acids is 1. The van der Waals surface area contributed by atoms with Gasteiger partial charge < -0.3 is 20.5 Å². The Labute approximate surface area is 114 Å². The zero-order valence-corrected chi connectivity index (χ0v) is 12.4. The number of carbonyl (C=O) groups excluding carboxylic acids is 1. The lowest BCUT2D eigenvalue weighted by Crippen LogP contribution is -2.44. The summed E-state index contributed by atoms with van der Waals surface area (Å²) in [5, 5.41) is 14.5. The fraction of sp³-hybridized carbons (Fsp3) is 0.846. The van der Waals surface area contributed by atoms with Gasteiger partial charge in [-0.25, -0.2) is 4.79 Å². The third-order valence-electron chi connectivity index (χ3n) is 2.33. The molecule has 0 saturated carbocycles. The van der Waals surface area contributed by atoms with Crippen molar-refractivity contribution in [3.05, 3.63) is 0 Å². The largest absolute Gasteiger partial charge is 0.481 e. The monoisotopic (exact) mass is 274 g/mol. The molecule has 0 aromatic rings. The second kappa shape index (κ2) is 7.99. The fourth-order valence-corrected chi connectivity index (χ4v) is 1.38. The van der Waals surface area contributed by atoms with E-state index in [1.165, 1.54) is 0 Å². The molecule has 0 radical (unpaired) electrons. The first kappa shape index (κ1) is 17.7. The van der Waals surface area contributed by atoms with Gasteiger partial charge in [0.1, 0.15) is 5.60 Å². The summed E-state index contributed by atoms with van der Waals surface area (Å²) in [6.45, 7) is 9.78. The zero-order valence-electron chi connectivity index (χ0n) is 12.4. The molecule has 19 heavy (non-hydrogen) atoms. The van der Waals surface area contributed by atoms with E-state index in [4.69, 9.17) is 9.84 Å². The minimum Gasteiger partial charge on any atom is -0.481 e. The summed E-state index contributed by atoms with van der Waals surface area (Å²) in [4.78, 5) is 21.9. The smallest absolute Gasteiger partial charge is 0.407 e. The Hall–Kier alpha value is -1.30. The van der Waals surface area contributed by atoms with E-state index in [0.717, 1.165) is 0 Å². The lowest BCUT2D eigenvalue weighted by atomic mass is 10.2. The number of hydrogen-bond acceptors (Lipinski definition) is 4. The van der Waals surface area contributed by atoms with Crippen LogP contribution in [0, 0.1) is 0 Å². The van der Waals surface area contributed by atoms with Gasteiger partial charge in [-0.2, -0.15) is 0 Å². The highest BCUT2D eigenvalue weighted by atomic mass is 16.6. The second-order valence-electron chi connectivity index (χ2n) is 5.79. The van der Waals surface area contributed by atoms with Crippen molar-refractivity contribution in [1.82, 2.24) is 10.6 Å². The van der Waals surface area contributed by atoms with Gasteiger partial charge in [-0.15, -0.1) is 0 Å². The second-order valence-corrected chi connectivity index (χ2v) is 5.79. The van der Waals surface area contributed by atoms with Crippen molar-refractivity contribution < 1.29 is 19.4 Å². The molecule has 0 fully saturated rings. The highest BCUT2D eigenvalue weighted by Gasteiger charge is 2.17. The minimum atomic E-state index is -0.798. The van der Waals surface area contributed by atoms with Crippen LogP contribution in [0.1, 0.15) is 47.5 Å². The van der Waals surface area contributed by atoms with E-state index in [1.54, 1.807) is 0 Å². The standard InChI is InChI=1S/C13H26N2O4/c1-9(6-7-11(16)17)14-8-10(2)15-12(18)19-13(3,4)5/h9-10,14H,6-8H2,1-5H3,(H,15,18)(H,16,17). The van der Waals surface area contributed by atoms with Crippen molar-refractivity contribution in [3.63, 3.8) is 0 Å². The molecule has 2 unspecified atom stereocenters. The van der Waals surface area contributed by atoms with Gasteiger partial charge in [-0.3, -0.25) is 4.79 Å². The highest BCUT2D eigenvalue weighted by Crippen LogP contribution is 2.06. The van der Waals surface area contributed by atoms with Crippen molar-refractivity contribution in [3.8, 4) is 0 Å². The number of alkyl carbamates (subject to hydrolysis) is 1. The average molecular weight is 274 g/mol. The van der Waals surface area contributed by atoms with E-state index in [2.05, 4.69) is 10.6 Å². The summed E-state index contributed by atoms with van der Waals surface area (Å²) in [6, 6.07) is 0.0149. The van der Waals surface area contributed by atoms with E-state index < -0.39 is 17.7 Å². The Morgan fingerprint density at radius 3 is 2.26 bits per heavy atom. The Morgan fingerprint density at radius 2 is 1.79 bits per heavy atom. The van der Waals surface area contributed by atoms with Crippen LogP contribution in [-0.4, -0.2) is 41.4 Å². The summed E-state index contributed by atoms with van der Waals surface area (Å²) in [7, 11) is 0. The molecule has 6 heteroatoms. The Kier molecular flexibility index (Phi) is 7.44. The molecule has 2 atom stereocenters. The summed E-state index contributed by atoms with van der Waals surface area (Å²) in [6.07, 6.45) is 0.260.